The van der Waals surface area contributed by atoms with Crippen LogP contribution in [0.3, 0.4) is 0 Å². The van der Waals surface area contributed by atoms with Crippen LogP contribution >= 0.6 is 0 Å². The summed E-state index contributed by atoms with van der Waals surface area (Å²) in [7, 11) is 2.16. The first-order valence-corrected chi connectivity index (χ1v) is 7.11. The minimum absolute atomic E-state index is 0.243. The SMILES string of the molecule is CN1CCC(c2cn3c(n2)CCC(C(=O)O)C3)CC1. The predicted octanol–water partition coefficient (Wildman–Crippen LogP) is 1.34. The quantitative estimate of drug-likeness (QED) is 0.874. The van der Waals surface area contributed by atoms with Gasteiger partial charge in [-0.1, -0.05) is 0 Å². The lowest BCUT2D eigenvalue weighted by Gasteiger charge is -2.27. The molecular weight excluding hydrogens is 242 g/mol. The van der Waals surface area contributed by atoms with Gasteiger partial charge in [0.2, 0.25) is 0 Å². The molecule has 1 aromatic rings. The van der Waals surface area contributed by atoms with Crippen LogP contribution in [0, 0.1) is 5.92 Å². The van der Waals surface area contributed by atoms with Crippen molar-refractivity contribution in [3.05, 3.63) is 17.7 Å². The van der Waals surface area contributed by atoms with E-state index in [1.165, 1.54) is 5.69 Å². The maximum atomic E-state index is 11.1. The van der Waals surface area contributed by atoms with Crippen LogP contribution in [0.5, 0.6) is 0 Å². The maximum absolute atomic E-state index is 11.1. The van der Waals surface area contributed by atoms with Gasteiger partial charge >= 0.3 is 5.97 Å². The molecule has 0 aromatic carbocycles. The molecule has 1 unspecified atom stereocenters. The van der Waals surface area contributed by atoms with E-state index in [2.05, 4.69) is 22.7 Å². The van der Waals surface area contributed by atoms with Crippen molar-refractivity contribution in [2.24, 2.45) is 5.92 Å². The summed E-state index contributed by atoms with van der Waals surface area (Å²) in [5, 5.41) is 9.11. The monoisotopic (exact) mass is 263 g/mol. The normalized spacial score (nSPS) is 25.2. The highest BCUT2D eigenvalue weighted by Gasteiger charge is 2.27. The van der Waals surface area contributed by atoms with Crippen molar-refractivity contribution in [3.63, 3.8) is 0 Å². The maximum Gasteiger partial charge on any atom is 0.308 e. The average molecular weight is 263 g/mol. The predicted molar refractivity (Wildman–Crippen MR) is 71.1 cm³/mol. The number of hydrogen-bond acceptors (Lipinski definition) is 3. The Hall–Kier alpha value is -1.36. The van der Waals surface area contributed by atoms with Gasteiger partial charge in [0.05, 0.1) is 11.6 Å². The van der Waals surface area contributed by atoms with Gasteiger partial charge in [-0.15, -0.1) is 0 Å². The standard InChI is InChI=1S/C14H21N3O2/c1-16-6-4-10(5-7-16)12-9-17-8-11(14(18)19)2-3-13(17)15-12/h9-11H,2-8H2,1H3,(H,18,19). The van der Waals surface area contributed by atoms with E-state index >= 15 is 0 Å². The number of nitrogens with zero attached hydrogens (tertiary/aromatic N) is 3. The molecule has 0 radical (unpaired) electrons. The van der Waals surface area contributed by atoms with E-state index in [4.69, 9.17) is 10.1 Å². The molecule has 5 heteroatoms. The number of rotatable bonds is 2. The zero-order valence-electron chi connectivity index (χ0n) is 11.4. The number of carboxylic acids is 1. The molecule has 1 fully saturated rings. The Morgan fingerprint density at radius 3 is 2.79 bits per heavy atom. The topological polar surface area (TPSA) is 58.4 Å². The largest absolute Gasteiger partial charge is 0.481 e. The lowest BCUT2D eigenvalue weighted by Crippen LogP contribution is -2.29. The number of carboxylic acid groups (broad SMARTS) is 1. The zero-order valence-corrected chi connectivity index (χ0v) is 11.4. The minimum Gasteiger partial charge on any atom is -0.481 e. The van der Waals surface area contributed by atoms with Gasteiger partial charge in [-0.2, -0.15) is 0 Å². The van der Waals surface area contributed by atoms with Crippen molar-refractivity contribution >= 4 is 5.97 Å². The molecular formula is C14H21N3O2. The van der Waals surface area contributed by atoms with Crippen LogP contribution in [0.2, 0.25) is 0 Å². The Morgan fingerprint density at radius 1 is 1.37 bits per heavy atom. The summed E-state index contributed by atoms with van der Waals surface area (Å²) in [6, 6.07) is 0. The summed E-state index contributed by atoms with van der Waals surface area (Å²) in [6.45, 7) is 2.85. The van der Waals surface area contributed by atoms with Crippen molar-refractivity contribution in [1.29, 1.82) is 0 Å². The number of carbonyl (C=O) groups is 1. The first-order valence-electron chi connectivity index (χ1n) is 7.11. The molecule has 5 nitrogen and oxygen atoms in total. The molecule has 0 bridgehead atoms. The highest BCUT2D eigenvalue weighted by atomic mass is 16.4. The third kappa shape index (κ3) is 2.52. The van der Waals surface area contributed by atoms with E-state index in [1.807, 2.05) is 0 Å². The summed E-state index contributed by atoms with van der Waals surface area (Å²) < 4.78 is 2.07. The lowest BCUT2D eigenvalue weighted by atomic mass is 9.94. The molecule has 3 heterocycles. The summed E-state index contributed by atoms with van der Waals surface area (Å²) in [6.07, 6.45) is 5.94. The Labute approximate surface area is 113 Å². The van der Waals surface area contributed by atoms with Gasteiger partial charge in [-0.3, -0.25) is 4.79 Å². The lowest BCUT2D eigenvalue weighted by molar-refractivity contribution is -0.142. The number of aryl methyl sites for hydroxylation is 1. The van der Waals surface area contributed by atoms with Crippen LogP contribution in [0.4, 0.5) is 0 Å². The molecule has 1 saturated heterocycles. The van der Waals surface area contributed by atoms with E-state index in [1.54, 1.807) is 0 Å². The summed E-state index contributed by atoms with van der Waals surface area (Å²) in [5.41, 5.74) is 1.18. The van der Waals surface area contributed by atoms with E-state index in [-0.39, 0.29) is 5.92 Å². The van der Waals surface area contributed by atoms with E-state index < -0.39 is 5.97 Å². The number of aliphatic carboxylic acids is 1. The third-order valence-corrected chi connectivity index (χ3v) is 4.50. The molecule has 2 aliphatic heterocycles. The Kier molecular flexibility index (Phi) is 3.31. The smallest absolute Gasteiger partial charge is 0.308 e. The van der Waals surface area contributed by atoms with Gasteiger partial charge in [-0.05, 0) is 39.4 Å². The van der Waals surface area contributed by atoms with Crippen molar-refractivity contribution in [3.8, 4) is 0 Å². The van der Waals surface area contributed by atoms with Crippen molar-refractivity contribution < 1.29 is 9.90 Å². The van der Waals surface area contributed by atoms with Crippen LogP contribution in [0.15, 0.2) is 6.20 Å². The third-order valence-electron chi connectivity index (χ3n) is 4.50. The summed E-state index contributed by atoms with van der Waals surface area (Å²) in [4.78, 5) is 18.2. The highest BCUT2D eigenvalue weighted by molar-refractivity contribution is 5.70. The molecule has 2 aliphatic rings. The molecule has 0 amide bonds. The van der Waals surface area contributed by atoms with Crippen LogP contribution in [0.25, 0.3) is 0 Å². The van der Waals surface area contributed by atoms with E-state index in [9.17, 15) is 4.79 Å². The van der Waals surface area contributed by atoms with Gasteiger partial charge in [0, 0.05) is 25.1 Å². The van der Waals surface area contributed by atoms with Crippen molar-refractivity contribution in [1.82, 2.24) is 14.5 Å². The van der Waals surface area contributed by atoms with E-state index in [0.717, 1.165) is 44.6 Å². The molecule has 1 atom stereocenters. The summed E-state index contributed by atoms with van der Waals surface area (Å²) >= 11 is 0. The number of hydrogen-bond donors (Lipinski definition) is 1. The average Bonchev–Trinajstić information content (AvgIpc) is 2.82. The number of fused-ring (bicyclic) bond motifs is 1. The molecule has 0 aliphatic carbocycles. The Balaban J connectivity index is 1.74. The number of aromatic nitrogens is 2. The Morgan fingerprint density at radius 2 is 2.11 bits per heavy atom. The first kappa shape index (κ1) is 12.7. The van der Waals surface area contributed by atoms with Gasteiger partial charge in [-0.25, -0.2) is 4.98 Å². The molecule has 1 aromatic heterocycles. The number of imidazole rings is 1. The highest BCUT2D eigenvalue weighted by Crippen LogP contribution is 2.29. The van der Waals surface area contributed by atoms with E-state index in [0.29, 0.717) is 12.5 Å². The molecule has 19 heavy (non-hydrogen) atoms. The van der Waals surface area contributed by atoms with Crippen LogP contribution < -0.4 is 0 Å². The number of likely N-dealkylation sites (tertiary alicyclic amines) is 1. The van der Waals surface area contributed by atoms with Gasteiger partial charge in [0.1, 0.15) is 5.82 Å². The second-order valence-electron chi connectivity index (χ2n) is 5.89. The molecule has 3 rings (SSSR count). The Bertz CT molecular complexity index is 475. The second-order valence-corrected chi connectivity index (χ2v) is 5.89. The fraction of sp³-hybridized carbons (Fsp3) is 0.714. The summed E-state index contributed by atoms with van der Waals surface area (Å²) in [5.74, 6) is 0.705. The fourth-order valence-electron chi connectivity index (χ4n) is 3.17. The molecule has 0 saturated carbocycles. The van der Waals surface area contributed by atoms with Crippen LogP contribution in [0.1, 0.15) is 36.7 Å². The van der Waals surface area contributed by atoms with Crippen molar-refractivity contribution in [2.45, 2.75) is 38.1 Å². The zero-order chi connectivity index (χ0) is 13.4. The van der Waals surface area contributed by atoms with Crippen LogP contribution in [-0.2, 0) is 17.8 Å². The van der Waals surface area contributed by atoms with Crippen molar-refractivity contribution in [2.75, 3.05) is 20.1 Å². The molecule has 0 spiro atoms. The first-order chi connectivity index (χ1) is 9.13. The molecule has 1 N–H and O–H groups in total. The fourth-order valence-corrected chi connectivity index (χ4v) is 3.17. The molecule has 104 valence electrons. The van der Waals surface area contributed by atoms with Gasteiger partial charge in [0.25, 0.3) is 0 Å². The minimum atomic E-state index is -0.680. The second kappa shape index (κ2) is 4.96. The number of piperidine rings is 1. The van der Waals surface area contributed by atoms with Crippen LogP contribution in [-0.4, -0.2) is 45.7 Å². The van der Waals surface area contributed by atoms with Gasteiger partial charge < -0.3 is 14.6 Å². The van der Waals surface area contributed by atoms with Gasteiger partial charge in [0.15, 0.2) is 0 Å².